The molecule has 0 aromatic heterocycles. The summed E-state index contributed by atoms with van der Waals surface area (Å²) in [6.07, 6.45) is 2.47. The molecule has 2 aromatic rings. The molecule has 2 N–H and O–H groups in total. The van der Waals surface area contributed by atoms with Crippen molar-refractivity contribution in [3.8, 4) is 0 Å². The van der Waals surface area contributed by atoms with Gasteiger partial charge in [0.1, 0.15) is 12.6 Å². The van der Waals surface area contributed by atoms with Gasteiger partial charge in [-0.1, -0.05) is 55.5 Å². The Labute approximate surface area is 201 Å². The molecule has 0 radical (unpaired) electrons. The maximum Gasteiger partial charge on any atom is 0.194 e. The SMILES string of the molecule is CC[C@H]1[C@@H]2CC3[C@@H]4N(C)c5ccccc5C45C[C@@H](C2[C@@H]5O)[N+]3(Cc2ccccc2)[C@@H]1O.[Br-]. The van der Waals surface area contributed by atoms with E-state index in [1.165, 1.54) is 16.8 Å². The van der Waals surface area contributed by atoms with Gasteiger partial charge in [0, 0.05) is 43.0 Å². The molecule has 10 atom stereocenters. The van der Waals surface area contributed by atoms with Crippen molar-refractivity contribution >= 4 is 5.69 Å². The Morgan fingerprint density at radius 1 is 1.03 bits per heavy atom. The predicted octanol–water partition coefficient (Wildman–Crippen LogP) is 0.274. The molecular weight excluding hydrogens is 464 g/mol. The quantitative estimate of drug-likeness (QED) is 0.599. The molecule has 5 aliphatic heterocycles. The third-order valence-electron chi connectivity index (χ3n) is 10.4. The molecule has 1 aliphatic carbocycles. The minimum atomic E-state index is -0.337. The smallest absolute Gasteiger partial charge is 0.194 e. The van der Waals surface area contributed by atoms with Crippen LogP contribution < -0.4 is 21.9 Å². The van der Waals surface area contributed by atoms with E-state index in [4.69, 9.17) is 0 Å². The zero-order chi connectivity index (χ0) is 21.1. The number of halogens is 1. The molecule has 0 amide bonds. The average molecular weight is 497 g/mol. The summed E-state index contributed by atoms with van der Waals surface area (Å²) in [4.78, 5) is 2.47. The molecule has 1 saturated carbocycles. The van der Waals surface area contributed by atoms with Crippen molar-refractivity contribution in [2.75, 3.05) is 11.9 Å². The summed E-state index contributed by atoms with van der Waals surface area (Å²) in [5.74, 6) is 1.01. The molecule has 1 spiro atoms. The van der Waals surface area contributed by atoms with Crippen LogP contribution in [-0.2, 0) is 12.0 Å². The summed E-state index contributed by atoms with van der Waals surface area (Å²) in [5, 5.41) is 24.1. The second-order valence-electron chi connectivity index (χ2n) is 11.0. The first-order valence-electron chi connectivity index (χ1n) is 12.1. The van der Waals surface area contributed by atoms with Crippen molar-refractivity contribution in [1.82, 2.24) is 0 Å². The number of para-hydroxylation sites is 1. The zero-order valence-corrected chi connectivity index (χ0v) is 20.4. The highest BCUT2D eigenvalue weighted by Gasteiger charge is 2.82. The van der Waals surface area contributed by atoms with Crippen LogP contribution in [0.4, 0.5) is 5.69 Å². The number of rotatable bonds is 3. The van der Waals surface area contributed by atoms with Crippen LogP contribution in [0, 0.1) is 17.8 Å². The zero-order valence-electron chi connectivity index (χ0n) is 18.8. The minimum Gasteiger partial charge on any atom is -1.00 e. The Bertz CT molecular complexity index is 1050. The Balaban J connectivity index is 0.00000196. The molecule has 2 aromatic carbocycles. The van der Waals surface area contributed by atoms with E-state index < -0.39 is 0 Å². The number of likely N-dealkylation sites (N-methyl/N-ethyl adjacent to an activating group) is 1. The monoisotopic (exact) mass is 496 g/mol. The molecule has 5 bridgehead atoms. The van der Waals surface area contributed by atoms with Crippen LogP contribution in [0.3, 0.4) is 0 Å². The fourth-order valence-corrected chi connectivity index (χ4v) is 9.60. The number of fused-ring (bicyclic) bond motifs is 2. The van der Waals surface area contributed by atoms with Crippen molar-refractivity contribution in [2.45, 2.75) is 68.6 Å². The van der Waals surface area contributed by atoms with Crippen molar-refractivity contribution in [2.24, 2.45) is 17.8 Å². The molecule has 4 unspecified atom stereocenters. The van der Waals surface area contributed by atoms with E-state index in [9.17, 15) is 10.2 Å². The fraction of sp³-hybridized carbons (Fsp3) is 0.556. The molecular formula is C27H33BrN2O2. The summed E-state index contributed by atoms with van der Waals surface area (Å²) in [5.41, 5.74) is 3.78. The third kappa shape index (κ3) is 2.11. The van der Waals surface area contributed by atoms with Gasteiger partial charge in [-0.2, -0.15) is 0 Å². The largest absolute Gasteiger partial charge is 1.00 e. The second-order valence-corrected chi connectivity index (χ2v) is 11.0. The van der Waals surface area contributed by atoms with Gasteiger partial charge >= 0.3 is 0 Å². The van der Waals surface area contributed by atoms with Crippen LogP contribution in [-0.4, -0.2) is 52.2 Å². The maximum absolute atomic E-state index is 12.1. The van der Waals surface area contributed by atoms with E-state index >= 15 is 0 Å². The van der Waals surface area contributed by atoms with Crippen molar-refractivity contribution in [3.63, 3.8) is 0 Å². The van der Waals surface area contributed by atoms with Crippen LogP contribution in [0.1, 0.15) is 37.3 Å². The third-order valence-corrected chi connectivity index (χ3v) is 10.4. The molecule has 32 heavy (non-hydrogen) atoms. The number of hydrogen-bond donors (Lipinski definition) is 2. The van der Waals surface area contributed by atoms with Gasteiger partial charge in [-0.25, -0.2) is 0 Å². The van der Waals surface area contributed by atoms with Gasteiger partial charge in [0.15, 0.2) is 6.23 Å². The molecule has 6 aliphatic rings. The van der Waals surface area contributed by atoms with Gasteiger partial charge in [-0.05, 0) is 24.0 Å². The number of nitrogens with zero attached hydrogens (tertiary/aromatic N) is 2. The van der Waals surface area contributed by atoms with Crippen molar-refractivity contribution in [3.05, 3.63) is 65.7 Å². The molecule has 8 rings (SSSR count). The first kappa shape index (κ1) is 21.2. The van der Waals surface area contributed by atoms with Gasteiger partial charge in [-0.3, -0.25) is 4.48 Å². The van der Waals surface area contributed by atoms with Gasteiger partial charge in [0.05, 0.1) is 23.6 Å². The Morgan fingerprint density at radius 2 is 1.75 bits per heavy atom. The highest BCUT2D eigenvalue weighted by molar-refractivity contribution is 5.66. The molecule has 170 valence electrons. The van der Waals surface area contributed by atoms with Gasteiger partial charge in [0.25, 0.3) is 0 Å². The van der Waals surface area contributed by atoms with Gasteiger partial charge < -0.3 is 32.1 Å². The van der Waals surface area contributed by atoms with Crippen LogP contribution in [0.25, 0.3) is 0 Å². The van der Waals surface area contributed by atoms with Gasteiger partial charge in [-0.15, -0.1) is 0 Å². The number of benzene rings is 2. The summed E-state index contributed by atoms with van der Waals surface area (Å²) >= 11 is 0. The summed E-state index contributed by atoms with van der Waals surface area (Å²) in [7, 11) is 2.23. The average Bonchev–Trinajstić information content (AvgIpc) is 3.18. The maximum atomic E-state index is 12.1. The molecule has 4 nitrogen and oxygen atoms in total. The Hall–Kier alpha value is -1.40. The van der Waals surface area contributed by atoms with Gasteiger partial charge in [0.2, 0.25) is 0 Å². The minimum absolute atomic E-state index is 0. The number of quaternary nitrogens is 1. The van der Waals surface area contributed by atoms with E-state index in [0.717, 1.165) is 30.3 Å². The lowest BCUT2D eigenvalue weighted by molar-refractivity contribution is -1.05. The lowest BCUT2D eigenvalue weighted by Gasteiger charge is -2.68. The van der Waals surface area contributed by atoms with Crippen LogP contribution in [0.5, 0.6) is 0 Å². The standard InChI is InChI=1S/C27H33N2O2.BrH/c1-3-17-18-13-21-24-27(19-11-7-8-12-20(19)28(24)2)14-22(23(18)25(27)30)29(21,26(17)31)15-16-9-5-4-6-10-16;/h4-12,17-18,21-26,30-31H,3,13-15H2,1-2H3;1H/q+1;/p-1/t17-,18-,21?,22-,23?,24-,25-,26+,27?,29?;/m0./s1. The summed E-state index contributed by atoms with van der Waals surface area (Å²) in [6.45, 7) is 3.11. The lowest BCUT2D eigenvalue weighted by Crippen LogP contribution is -3.00. The highest BCUT2D eigenvalue weighted by atomic mass is 79.9. The van der Waals surface area contributed by atoms with Crippen molar-refractivity contribution < 1.29 is 31.7 Å². The second kappa shape index (κ2) is 6.82. The number of piperidine rings is 4. The topological polar surface area (TPSA) is 43.7 Å². The fourth-order valence-electron chi connectivity index (χ4n) is 9.60. The molecule has 5 fully saturated rings. The molecule has 4 saturated heterocycles. The number of aliphatic hydroxyl groups is 2. The molecule has 5 heteroatoms. The highest BCUT2D eigenvalue weighted by Crippen LogP contribution is 2.71. The normalized spacial score (nSPS) is 46.7. The lowest BCUT2D eigenvalue weighted by atomic mass is 9.60. The first-order valence-corrected chi connectivity index (χ1v) is 12.1. The number of aliphatic hydroxyl groups excluding tert-OH is 2. The summed E-state index contributed by atoms with van der Waals surface area (Å²) < 4.78 is 0.769. The molecule has 5 heterocycles. The Morgan fingerprint density at radius 3 is 2.50 bits per heavy atom. The predicted molar refractivity (Wildman–Crippen MR) is 120 cm³/mol. The van der Waals surface area contributed by atoms with E-state index in [-0.39, 0.29) is 52.6 Å². The van der Waals surface area contributed by atoms with Crippen LogP contribution in [0.2, 0.25) is 0 Å². The van der Waals surface area contributed by atoms with Crippen LogP contribution >= 0.6 is 0 Å². The number of anilines is 1. The number of hydrogen-bond acceptors (Lipinski definition) is 3. The Kier molecular flexibility index (Phi) is 4.51. The van der Waals surface area contributed by atoms with E-state index in [0.29, 0.717) is 18.0 Å². The van der Waals surface area contributed by atoms with E-state index in [2.05, 4.69) is 73.5 Å². The van der Waals surface area contributed by atoms with E-state index in [1.807, 2.05) is 0 Å². The van der Waals surface area contributed by atoms with E-state index in [1.54, 1.807) is 0 Å². The summed E-state index contributed by atoms with van der Waals surface area (Å²) in [6, 6.07) is 20.5. The van der Waals surface area contributed by atoms with Crippen LogP contribution in [0.15, 0.2) is 54.6 Å². The first-order chi connectivity index (χ1) is 15.1. The van der Waals surface area contributed by atoms with Crippen molar-refractivity contribution in [1.29, 1.82) is 0 Å².